The molecule has 0 saturated heterocycles. The molecule has 2 rings (SSSR count). The van der Waals surface area contributed by atoms with Crippen LogP contribution in [0.3, 0.4) is 0 Å². The van der Waals surface area contributed by atoms with Gasteiger partial charge in [0.25, 0.3) is 10.0 Å². The van der Waals surface area contributed by atoms with Crippen LogP contribution < -0.4 is 9.46 Å². The molecule has 1 aromatic heterocycles. The molecule has 0 unspecified atom stereocenters. The third-order valence-corrected chi connectivity index (χ3v) is 4.27. The topological polar surface area (TPSA) is 121 Å². The Morgan fingerprint density at radius 1 is 1.43 bits per heavy atom. The van der Waals surface area contributed by atoms with Crippen molar-refractivity contribution in [2.24, 2.45) is 0 Å². The number of anilines is 1. The Balaban J connectivity index is 2.40. The van der Waals surface area contributed by atoms with E-state index < -0.39 is 26.6 Å². The van der Waals surface area contributed by atoms with E-state index in [1.54, 1.807) is 6.07 Å². The van der Waals surface area contributed by atoms with Crippen LogP contribution in [0.15, 0.2) is 33.9 Å². The van der Waals surface area contributed by atoms with E-state index in [2.05, 4.69) is 30.8 Å². The number of sulfonamides is 1. The predicted octanol–water partition coefficient (Wildman–Crippen LogP) is 1.68. The summed E-state index contributed by atoms with van der Waals surface area (Å²) in [5.74, 6) is -0.957. The number of nitrogens with one attached hydrogen (secondary N) is 2. The summed E-state index contributed by atoms with van der Waals surface area (Å²) in [5, 5.41) is 14.0. The van der Waals surface area contributed by atoms with E-state index in [0.29, 0.717) is 10.2 Å². The predicted molar refractivity (Wildman–Crippen MR) is 77.0 cm³/mol. The van der Waals surface area contributed by atoms with Crippen LogP contribution >= 0.6 is 15.9 Å². The van der Waals surface area contributed by atoms with Crippen LogP contribution in [-0.2, 0) is 10.0 Å². The highest BCUT2D eigenvalue weighted by molar-refractivity contribution is 9.10. The van der Waals surface area contributed by atoms with Crippen molar-refractivity contribution in [3.05, 3.63) is 34.4 Å². The molecule has 10 heteroatoms. The zero-order valence-corrected chi connectivity index (χ0v) is 13.0. The van der Waals surface area contributed by atoms with E-state index in [9.17, 15) is 13.2 Å². The molecule has 0 aliphatic carbocycles. The van der Waals surface area contributed by atoms with Crippen LogP contribution in [-0.4, -0.2) is 36.8 Å². The largest absolute Gasteiger partial charge is 0.497 e. The number of carboxylic acid groups (broad SMARTS) is 1. The Morgan fingerprint density at radius 2 is 2.14 bits per heavy atom. The molecule has 0 radical (unpaired) electrons. The summed E-state index contributed by atoms with van der Waals surface area (Å²) in [5.41, 5.74) is -0.225. The Hall–Kier alpha value is -2.07. The molecule has 2 aromatic rings. The molecule has 0 aliphatic rings. The van der Waals surface area contributed by atoms with Crippen LogP contribution in [0, 0.1) is 0 Å². The summed E-state index contributed by atoms with van der Waals surface area (Å²) in [6, 6.07) is 4.62. The molecule has 0 aliphatic heterocycles. The number of aromatic carboxylic acids is 1. The minimum Gasteiger partial charge on any atom is -0.497 e. The van der Waals surface area contributed by atoms with Gasteiger partial charge in [0.15, 0.2) is 5.03 Å². The van der Waals surface area contributed by atoms with Crippen LogP contribution in [0.4, 0.5) is 5.69 Å². The molecule has 8 nitrogen and oxygen atoms in total. The fourth-order valence-electron chi connectivity index (χ4n) is 1.58. The highest BCUT2D eigenvalue weighted by Crippen LogP contribution is 2.26. The van der Waals surface area contributed by atoms with Crippen molar-refractivity contribution >= 4 is 37.6 Å². The second kappa shape index (κ2) is 5.74. The van der Waals surface area contributed by atoms with Crippen molar-refractivity contribution in [1.82, 2.24) is 10.2 Å². The zero-order chi connectivity index (χ0) is 15.6. The van der Waals surface area contributed by atoms with E-state index in [0.717, 1.165) is 6.20 Å². The van der Waals surface area contributed by atoms with E-state index in [1.807, 2.05) is 0 Å². The lowest BCUT2D eigenvalue weighted by Gasteiger charge is -2.09. The van der Waals surface area contributed by atoms with E-state index in [1.165, 1.54) is 19.2 Å². The fraction of sp³-hybridized carbons (Fsp3) is 0.0909. The number of carbonyl (C=O) groups is 1. The molecule has 0 saturated carbocycles. The van der Waals surface area contributed by atoms with Gasteiger partial charge in [0.2, 0.25) is 0 Å². The molecule has 0 atom stereocenters. The standard InChI is InChI=1S/C11H10BrN3O5S/c1-20-8-3-6(12)2-7(4-8)15-21(18,19)10-9(11(16)17)5-13-14-10/h2-5,15H,1H3,(H,13,14)(H,16,17). The summed E-state index contributed by atoms with van der Waals surface area (Å²) in [6.45, 7) is 0. The van der Waals surface area contributed by atoms with Gasteiger partial charge in [-0.25, -0.2) is 4.79 Å². The summed E-state index contributed by atoms with van der Waals surface area (Å²) < 4.78 is 32.3. The van der Waals surface area contributed by atoms with Crippen LogP contribution in [0.5, 0.6) is 5.75 Å². The highest BCUT2D eigenvalue weighted by atomic mass is 79.9. The molecule has 1 aromatic carbocycles. The number of halogens is 1. The Morgan fingerprint density at radius 3 is 2.76 bits per heavy atom. The van der Waals surface area contributed by atoms with E-state index in [4.69, 9.17) is 9.84 Å². The maximum atomic E-state index is 12.2. The van der Waals surface area contributed by atoms with Gasteiger partial charge in [0, 0.05) is 10.5 Å². The van der Waals surface area contributed by atoms with Gasteiger partial charge in [0.1, 0.15) is 11.3 Å². The number of ether oxygens (including phenoxy) is 1. The van der Waals surface area contributed by atoms with Crippen molar-refractivity contribution in [2.45, 2.75) is 5.03 Å². The van der Waals surface area contributed by atoms with Crippen LogP contribution in [0.2, 0.25) is 0 Å². The van der Waals surface area contributed by atoms with Crippen LogP contribution in [0.1, 0.15) is 10.4 Å². The smallest absolute Gasteiger partial charge is 0.340 e. The van der Waals surface area contributed by atoms with Crippen molar-refractivity contribution in [1.29, 1.82) is 0 Å². The average Bonchev–Trinajstić information content (AvgIpc) is 2.87. The Labute approximate surface area is 128 Å². The average molecular weight is 376 g/mol. The molecule has 0 spiro atoms. The number of nitrogens with zero attached hydrogens (tertiary/aromatic N) is 1. The third kappa shape index (κ3) is 3.34. The van der Waals surface area contributed by atoms with E-state index >= 15 is 0 Å². The molecule has 3 N–H and O–H groups in total. The van der Waals surface area contributed by atoms with E-state index in [-0.39, 0.29) is 5.69 Å². The first-order chi connectivity index (χ1) is 9.83. The first-order valence-corrected chi connectivity index (χ1v) is 7.75. The number of benzene rings is 1. The van der Waals surface area contributed by atoms with Gasteiger partial charge < -0.3 is 9.84 Å². The highest BCUT2D eigenvalue weighted by Gasteiger charge is 2.25. The monoisotopic (exact) mass is 375 g/mol. The fourth-order valence-corrected chi connectivity index (χ4v) is 3.18. The molecule has 0 fully saturated rings. The molecule has 0 bridgehead atoms. The Bertz CT molecular complexity index is 787. The second-order valence-electron chi connectivity index (χ2n) is 3.90. The zero-order valence-electron chi connectivity index (χ0n) is 10.6. The van der Waals surface area contributed by atoms with Gasteiger partial charge in [-0.1, -0.05) is 15.9 Å². The maximum Gasteiger partial charge on any atom is 0.340 e. The van der Waals surface area contributed by atoms with Gasteiger partial charge in [-0.2, -0.15) is 13.5 Å². The number of aromatic nitrogens is 2. The number of rotatable bonds is 5. The number of hydrogen-bond acceptors (Lipinski definition) is 5. The number of hydrogen-bond donors (Lipinski definition) is 3. The van der Waals surface area contributed by atoms with Crippen molar-refractivity contribution < 1.29 is 23.1 Å². The Kier molecular flexibility index (Phi) is 4.19. The molecule has 1 heterocycles. The quantitative estimate of drug-likeness (QED) is 0.730. The molecular formula is C11H10BrN3O5S. The van der Waals surface area contributed by atoms with Gasteiger partial charge in [0.05, 0.1) is 19.0 Å². The normalized spacial score (nSPS) is 11.1. The van der Waals surface area contributed by atoms with Crippen molar-refractivity contribution in [2.75, 3.05) is 11.8 Å². The van der Waals surface area contributed by atoms with Gasteiger partial charge in [-0.15, -0.1) is 0 Å². The first kappa shape index (κ1) is 15.3. The molecule has 0 amide bonds. The van der Waals surface area contributed by atoms with Crippen molar-refractivity contribution in [3.63, 3.8) is 0 Å². The second-order valence-corrected chi connectivity index (χ2v) is 6.44. The third-order valence-electron chi connectivity index (χ3n) is 2.46. The minimum atomic E-state index is -4.11. The van der Waals surface area contributed by atoms with Crippen LogP contribution in [0.25, 0.3) is 0 Å². The molecular weight excluding hydrogens is 366 g/mol. The lowest BCUT2D eigenvalue weighted by molar-refractivity contribution is 0.0692. The number of H-pyrrole nitrogens is 1. The van der Waals surface area contributed by atoms with Crippen molar-refractivity contribution in [3.8, 4) is 5.75 Å². The number of aromatic amines is 1. The lowest BCUT2D eigenvalue weighted by atomic mass is 10.3. The van der Waals surface area contributed by atoms with Gasteiger partial charge in [-0.05, 0) is 12.1 Å². The SMILES string of the molecule is COc1cc(Br)cc(NS(=O)(=O)c2[nH]ncc2C(=O)O)c1. The first-order valence-electron chi connectivity index (χ1n) is 5.47. The lowest BCUT2D eigenvalue weighted by Crippen LogP contribution is -2.16. The summed E-state index contributed by atoms with van der Waals surface area (Å²) >= 11 is 3.22. The number of carboxylic acids is 1. The molecule has 112 valence electrons. The number of methoxy groups -OCH3 is 1. The maximum absolute atomic E-state index is 12.2. The van der Waals surface area contributed by atoms with Gasteiger partial charge >= 0.3 is 5.97 Å². The minimum absolute atomic E-state index is 0.215. The summed E-state index contributed by atoms with van der Waals surface area (Å²) in [4.78, 5) is 11.0. The molecule has 21 heavy (non-hydrogen) atoms. The summed E-state index contributed by atoms with van der Waals surface area (Å²) in [7, 11) is -2.67. The summed E-state index contributed by atoms with van der Waals surface area (Å²) in [6.07, 6.45) is 0.929. The van der Waals surface area contributed by atoms with Gasteiger partial charge in [-0.3, -0.25) is 9.82 Å².